The van der Waals surface area contributed by atoms with Crippen molar-refractivity contribution in [3.63, 3.8) is 0 Å². The Labute approximate surface area is 154 Å². The maximum Gasteiger partial charge on any atom is 0.191 e. The first-order valence-electron chi connectivity index (χ1n) is 9.12. The normalized spacial score (nSPS) is 11.7. The van der Waals surface area contributed by atoms with Crippen molar-refractivity contribution in [2.24, 2.45) is 4.99 Å². The highest BCUT2D eigenvalue weighted by molar-refractivity contribution is 5.79. The van der Waals surface area contributed by atoms with Crippen LogP contribution in [0.25, 0.3) is 5.65 Å². The predicted molar refractivity (Wildman–Crippen MR) is 105 cm³/mol. The molecule has 0 bridgehead atoms. The van der Waals surface area contributed by atoms with Gasteiger partial charge in [0.1, 0.15) is 5.82 Å². The molecule has 0 radical (unpaired) electrons. The van der Waals surface area contributed by atoms with Gasteiger partial charge in [-0.05, 0) is 38.0 Å². The molecule has 3 aromatic rings. The number of guanidine groups is 1. The van der Waals surface area contributed by atoms with Gasteiger partial charge < -0.3 is 10.6 Å². The molecule has 0 fully saturated rings. The first kappa shape index (κ1) is 17.9. The lowest BCUT2D eigenvalue weighted by Crippen LogP contribution is -2.37. The standard InChI is InChI=1S/C20H26N6/c1-3-21-20(23-15-17-9-6-8-16(2)14-17)22-12-7-11-19-25-24-18-10-4-5-13-26(18)19/h4-6,8-10,13-14H,3,7,11-12,15H2,1-2H3,(H2,21,22,23). The summed E-state index contributed by atoms with van der Waals surface area (Å²) in [5, 5.41) is 15.2. The molecule has 6 heteroatoms. The molecule has 0 saturated carbocycles. The number of aromatic nitrogens is 3. The van der Waals surface area contributed by atoms with Gasteiger partial charge in [-0.1, -0.05) is 35.9 Å². The third-order valence-corrected chi connectivity index (χ3v) is 4.10. The molecule has 0 atom stereocenters. The van der Waals surface area contributed by atoms with Gasteiger partial charge in [-0.2, -0.15) is 0 Å². The van der Waals surface area contributed by atoms with Crippen molar-refractivity contribution in [1.29, 1.82) is 0 Å². The largest absolute Gasteiger partial charge is 0.357 e. The summed E-state index contributed by atoms with van der Waals surface area (Å²) in [6, 6.07) is 14.4. The molecule has 136 valence electrons. The van der Waals surface area contributed by atoms with Crippen molar-refractivity contribution in [3.05, 3.63) is 65.6 Å². The van der Waals surface area contributed by atoms with Gasteiger partial charge in [-0.15, -0.1) is 10.2 Å². The molecular weight excluding hydrogens is 324 g/mol. The average molecular weight is 350 g/mol. The van der Waals surface area contributed by atoms with E-state index in [1.54, 1.807) is 0 Å². The van der Waals surface area contributed by atoms with Gasteiger partial charge in [0.15, 0.2) is 11.6 Å². The van der Waals surface area contributed by atoms with Crippen molar-refractivity contribution < 1.29 is 0 Å². The molecule has 0 aliphatic rings. The van der Waals surface area contributed by atoms with E-state index in [2.05, 4.69) is 63.9 Å². The van der Waals surface area contributed by atoms with Crippen LogP contribution in [-0.2, 0) is 13.0 Å². The van der Waals surface area contributed by atoms with Crippen LogP contribution in [0, 0.1) is 6.92 Å². The van der Waals surface area contributed by atoms with E-state index in [1.807, 2.05) is 28.8 Å². The van der Waals surface area contributed by atoms with Gasteiger partial charge in [0.05, 0.1) is 6.54 Å². The van der Waals surface area contributed by atoms with Crippen LogP contribution in [0.1, 0.15) is 30.3 Å². The first-order valence-corrected chi connectivity index (χ1v) is 9.12. The highest BCUT2D eigenvalue weighted by Crippen LogP contribution is 2.06. The number of pyridine rings is 1. The highest BCUT2D eigenvalue weighted by Gasteiger charge is 2.04. The van der Waals surface area contributed by atoms with E-state index < -0.39 is 0 Å². The van der Waals surface area contributed by atoms with E-state index >= 15 is 0 Å². The summed E-state index contributed by atoms with van der Waals surface area (Å²) >= 11 is 0. The van der Waals surface area contributed by atoms with Gasteiger partial charge >= 0.3 is 0 Å². The Balaban J connectivity index is 1.51. The van der Waals surface area contributed by atoms with E-state index in [4.69, 9.17) is 0 Å². The van der Waals surface area contributed by atoms with E-state index in [9.17, 15) is 0 Å². The number of hydrogen-bond donors (Lipinski definition) is 2. The van der Waals surface area contributed by atoms with Gasteiger partial charge in [0.25, 0.3) is 0 Å². The Morgan fingerprint density at radius 2 is 2.04 bits per heavy atom. The summed E-state index contributed by atoms with van der Waals surface area (Å²) in [4.78, 5) is 4.67. The molecule has 0 unspecified atom stereocenters. The lowest BCUT2D eigenvalue weighted by Gasteiger charge is -2.11. The Bertz CT molecular complexity index is 867. The second kappa shape index (κ2) is 8.99. The fourth-order valence-electron chi connectivity index (χ4n) is 2.84. The third-order valence-electron chi connectivity index (χ3n) is 4.10. The van der Waals surface area contributed by atoms with Crippen molar-refractivity contribution in [2.75, 3.05) is 13.1 Å². The topological polar surface area (TPSA) is 66.6 Å². The molecule has 3 rings (SSSR count). The fourth-order valence-corrected chi connectivity index (χ4v) is 2.84. The molecule has 1 aromatic carbocycles. The quantitative estimate of drug-likeness (QED) is 0.391. The van der Waals surface area contributed by atoms with Crippen LogP contribution in [0.15, 0.2) is 53.7 Å². The van der Waals surface area contributed by atoms with Gasteiger partial charge in [0.2, 0.25) is 0 Å². The molecule has 2 heterocycles. The lowest BCUT2D eigenvalue weighted by molar-refractivity contribution is 0.715. The van der Waals surface area contributed by atoms with Gasteiger partial charge in [0, 0.05) is 25.7 Å². The summed E-state index contributed by atoms with van der Waals surface area (Å²) in [7, 11) is 0. The van der Waals surface area contributed by atoms with Crippen LogP contribution in [0.2, 0.25) is 0 Å². The molecule has 0 saturated heterocycles. The van der Waals surface area contributed by atoms with E-state index in [0.717, 1.165) is 43.4 Å². The molecular formula is C20H26N6. The van der Waals surface area contributed by atoms with Crippen molar-refractivity contribution in [1.82, 2.24) is 25.2 Å². The number of nitrogens with one attached hydrogen (secondary N) is 2. The van der Waals surface area contributed by atoms with Gasteiger partial charge in [-0.3, -0.25) is 4.40 Å². The Kier molecular flexibility index (Phi) is 6.19. The third kappa shape index (κ3) is 4.81. The SMILES string of the molecule is CCNC(=NCc1cccc(C)c1)NCCCc1nnc2ccccn12. The minimum absolute atomic E-state index is 0.672. The minimum Gasteiger partial charge on any atom is -0.357 e. The predicted octanol–water partition coefficient (Wildman–Crippen LogP) is 2.73. The van der Waals surface area contributed by atoms with E-state index in [-0.39, 0.29) is 0 Å². The fraction of sp³-hybridized carbons (Fsp3) is 0.350. The minimum atomic E-state index is 0.672. The second-order valence-corrected chi connectivity index (χ2v) is 6.26. The Morgan fingerprint density at radius 3 is 2.88 bits per heavy atom. The van der Waals surface area contributed by atoms with Crippen LogP contribution in [0.4, 0.5) is 0 Å². The average Bonchev–Trinajstić information content (AvgIpc) is 3.06. The molecule has 0 aliphatic heterocycles. The van der Waals surface area contributed by atoms with E-state index in [1.165, 1.54) is 11.1 Å². The maximum atomic E-state index is 4.67. The highest BCUT2D eigenvalue weighted by atomic mass is 15.2. The van der Waals surface area contributed by atoms with Crippen LogP contribution in [0.5, 0.6) is 0 Å². The van der Waals surface area contributed by atoms with Gasteiger partial charge in [-0.25, -0.2) is 4.99 Å². The number of benzene rings is 1. The summed E-state index contributed by atoms with van der Waals surface area (Å²) < 4.78 is 2.04. The van der Waals surface area contributed by atoms with Crippen LogP contribution >= 0.6 is 0 Å². The van der Waals surface area contributed by atoms with Crippen molar-refractivity contribution in [3.8, 4) is 0 Å². The first-order chi connectivity index (χ1) is 12.8. The van der Waals surface area contributed by atoms with Crippen LogP contribution in [-0.4, -0.2) is 33.6 Å². The molecule has 2 N–H and O–H groups in total. The Hall–Kier alpha value is -2.89. The zero-order chi connectivity index (χ0) is 18.2. The summed E-state index contributed by atoms with van der Waals surface area (Å²) in [6.07, 6.45) is 3.84. The number of rotatable bonds is 7. The molecule has 0 spiro atoms. The number of aryl methyl sites for hydroxylation is 2. The number of aliphatic imine (C=N–C) groups is 1. The Morgan fingerprint density at radius 1 is 1.12 bits per heavy atom. The summed E-state index contributed by atoms with van der Waals surface area (Å²) in [5.41, 5.74) is 3.37. The van der Waals surface area contributed by atoms with Crippen molar-refractivity contribution >= 4 is 11.6 Å². The second-order valence-electron chi connectivity index (χ2n) is 6.26. The van der Waals surface area contributed by atoms with Crippen molar-refractivity contribution in [2.45, 2.75) is 33.2 Å². The number of nitrogens with zero attached hydrogens (tertiary/aromatic N) is 4. The van der Waals surface area contributed by atoms with Crippen LogP contribution < -0.4 is 10.6 Å². The summed E-state index contributed by atoms with van der Waals surface area (Å²) in [5.74, 6) is 1.84. The number of fused-ring (bicyclic) bond motifs is 1. The number of hydrogen-bond acceptors (Lipinski definition) is 3. The monoisotopic (exact) mass is 350 g/mol. The van der Waals surface area contributed by atoms with Crippen LogP contribution in [0.3, 0.4) is 0 Å². The zero-order valence-electron chi connectivity index (χ0n) is 15.4. The lowest BCUT2D eigenvalue weighted by atomic mass is 10.1. The molecule has 6 nitrogen and oxygen atoms in total. The molecule has 26 heavy (non-hydrogen) atoms. The molecule has 2 aromatic heterocycles. The van der Waals surface area contributed by atoms with E-state index in [0.29, 0.717) is 6.54 Å². The molecule has 0 amide bonds. The maximum absolute atomic E-state index is 4.67. The summed E-state index contributed by atoms with van der Waals surface area (Å²) in [6.45, 7) is 6.53. The smallest absolute Gasteiger partial charge is 0.191 e. The molecule has 0 aliphatic carbocycles. The zero-order valence-corrected chi connectivity index (χ0v) is 15.4.